The van der Waals surface area contributed by atoms with Crippen LogP contribution in [0.2, 0.25) is 0 Å². The van der Waals surface area contributed by atoms with Crippen LogP contribution in [0, 0.1) is 0 Å². The Bertz CT molecular complexity index is 1240. The largest absolute Gasteiger partial charge is 0.358 e. The average Bonchev–Trinajstić information content (AvgIpc) is 3.09. The van der Waals surface area contributed by atoms with E-state index in [1.165, 1.54) is 0 Å². The lowest BCUT2D eigenvalue weighted by Gasteiger charge is -2.29. The molecule has 4 nitrogen and oxygen atoms in total. The second kappa shape index (κ2) is 7.73. The van der Waals surface area contributed by atoms with E-state index in [9.17, 15) is 9.59 Å². The molecule has 0 saturated carbocycles. The molecular weight excluding hydrogens is 384 g/mol. The molecule has 0 radical (unpaired) electrons. The van der Waals surface area contributed by atoms with E-state index in [1.807, 2.05) is 91.9 Å². The Hall–Kier alpha value is -3.92. The molecular formula is C27H22N2O2. The Balaban J connectivity index is 1.56. The molecule has 4 heteroatoms. The summed E-state index contributed by atoms with van der Waals surface area (Å²) in [6, 6.07) is 27.2. The topological polar surface area (TPSA) is 58.2 Å². The van der Waals surface area contributed by atoms with Crippen LogP contribution in [-0.2, 0) is 11.3 Å². The maximum absolute atomic E-state index is 13.4. The number of hydrogen-bond donors (Lipinski definition) is 2. The summed E-state index contributed by atoms with van der Waals surface area (Å²) < 4.78 is 0. The molecule has 152 valence electrons. The number of nitrogens with one attached hydrogen (secondary N) is 2. The third-order valence-electron chi connectivity index (χ3n) is 5.92. The third kappa shape index (κ3) is 3.26. The quantitative estimate of drug-likeness (QED) is 0.667. The minimum atomic E-state index is -0.423. The van der Waals surface area contributed by atoms with Gasteiger partial charge in [0, 0.05) is 40.4 Å². The summed E-state index contributed by atoms with van der Waals surface area (Å²) in [6.07, 6.45) is 0. The van der Waals surface area contributed by atoms with Crippen LogP contribution in [-0.4, -0.2) is 11.7 Å². The minimum absolute atomic E-state index is 0.0205. The fourth-order valence-electron chi connectivity index (χ4n) is 4.48. The number of ketones is 1. The number of benzene rings is 3. The Labute approximate surface area is 181 Å². The molecule has 5 rings (SSSR count). The Kier molecular flexibility index (Phi) is 4.75. The molecule has 0 bridgehead atoms. The highest BCUT2D eigenvalue weighted by molar-refractivity contribution is 6.23. The molecule has 1 amide bonds. The van der Waals surface area contributed by atoms with Gasteiger partial charge in [-0.15, -0.1) is 0 Å². The van der Waals surface area contributed by atoms with E-state index in [-0.39, 0.29) is 11.7 Å². The van der Waals surface area contributed by atoms with Crippen molar-refractivity contribution >= 4 is 17.4 Å². The highest BCUT2D eigenvalue weighted by atomic mass is 16.2. The summed E-state index contributed by atoms with van der Waals surface area (Å²) in [5.41, 5.74) is 6.34. The van der Waals surface area contributed by atoms with Gasteiger partial charge in [0.15, 0.2) is 5.78 Å². The molecule has 0 spiro atoms. The minimum Gasteiger partial charge on any atom is -0.358 e. The molecule has 2 aliphatic rings. The van der Waals surface area contributed by atoms with Gasteiger partial charge in [-0.05, 0) is 18.1 Å². The summed E-state index contributed by atoms with van der Waals surface area (Å²) in [5.74, 6) is -0.612. The van der Waals surface area contributed by atoms with Crippen LogP contribution in [0.25, 0.3) is 5.70 Å². The van der Waals surface area contributed by atoms with Crippen molar-refractivity contribution < 1.29 is 9.59 Å². The second-order valence-electron chi connectivity index (χ2n) is 7.84. The van der Waals surface area contributed by atoms with E-state index in [4.69, 9.17) is 0 Å². The lowest BCUT2D eigenvalue weighted by molar-refractivity contribution is -0.117. The lowest BCUT2D eigenvalue weighted by atomic mass is 9.79. The van der Waals surface area contributed by atoms with Crippen molar-refractivity contribution in [1.82, 2.24) is 10.6 Å². The zero-order chi connectivity index (χ0) is 21.4. The van der Waals surface area contributed by atoms with Crippen molar-refractivity contribution in [3.8, 4) is 0 Å². The highest BCUT2D eigenvalue weighted by Gasteiger charge is 2.42. The normalized spacial score (nSPS) is 17.2. The summed E-state index contributed by atoms with van der Waals surface area (Å²) in [6.45, 7) is 2.33. The van der Waals surface area contributed by atoms with Crippen molar-refractivity contribution in [1.29, 1.82) is 0 Å². The zero-order valence-electron chi connectivity index (χ0n) is 17.2. The highest BCUT2D eigenvalue weighted by Crippen LogP contribution is 2.46. The molecule has 1 unspecified atom stereocenters. The van der Waals surface area contributed by atoms with E-state index < -0.39 is 5.92 Å². The number of allylic oxidation sites excluding steroid dienone is 2. The number of hydrogen-bond acceptors (Lipinski definition) is 3. The summed E-state index contributed by atoms with van der Waals surface area (Å²) >= 11 is 0. The smallest absolute Gasteiger partial charge is 0.250 e. The van der Waals surface area contributed by atoms with Crippen molar-refractivity contribution in [2.45, 2.75) is 19.4 Å². The first-order chi connectivity index (χ1) is 15.1. The first-order valence-electron chi connectivity index (χ1n) is 10.4. The Morgan fingerprint density at radius 1 is 0.871 bits per heavy atom. The monoisotopic (exact) mass is 406 g/mol. The van der Waals surface area contributed by atoms with Gasteiger partial charge in [0.25, 0.3) is 0 Å². The Morgan fingerprint density at radius 2 is 1.48 bits per heavy atom. The molecule has 3 aromatic carbocycles. The third-order valence-corrected chi connectivity index (χ3v) is 5.92. The predicted molar refractivity (Wildman–Crippen MR) is 121 cm³/mol. The first kappa shape index (κ1) is 19.1. The first-order valence-corrected chi connectivity index (χ1v) is 10.4. The maximum atomic E-state index is 13.4. The van der Waals surface area contributed by atoms with Gasteiger partial charge in [0.1, 0.15) is 0 Å². The molecule has 1 aliphatic carbocycles. The van der Waals surface area contributed by atoms with Gasteiger partial charge in [-0.3, -0.25) is 9.59 Å². The summed E-state index contributed by atoms with van der Waals surface area (Å²) in [4.78, 5) is 26.8. The lowest BCUT2D eigenvalue weighted by Crippen LogP contribution is -2.34. The summed E-state index contributed by atoms with van der Waals surface area (Å²) in [5, 5.41) is 6.42. The van der Waals surface area contributed by atoms with Gasteiger partial charge >= 0.3 is 0 Å². The van der Waals surface area contributed by atoms with E-state index in [0.717, 1.165) is 28.1 Å². The van der Waals surface area contributed by atoms with Gasteiger partial charge in [0.2, 0.25) is 5.91 Å². The van der Waals surface area contributed by atoms with E-state index in [0.29, 0.717) is 23.3 Å². The van der Waals surface area contributed by atoms with Crippen LogP contribution in [0.15, 0.2) is 102 Å². The van der Waals surface area contributed by atoms with E-state index in [2.05, 4.69) is 10.6 Å². The second-order valence-corrected chi connectivity index (χ2v) is 7.84. The number of Topliss-reactive ketones (excluding diaryl/α,β-unsaturated/α-hetero) is 1. The van der Waals surface area contributed by atoms with Crippen molar-refractivity contribution in [2.24, 2.45) is 0 Å². The SMILES string of the molecule is CC1=C(C(=O)NCc2ccccc2)C(c2ccccc2)C2=C(N1)c1ccccc1C2=O. The van der Waals surface area contributed by atoms with E-state index in [1.54, 1.807) is 0 Å². The molecule has 0 aromatic heterocycles. The fourth-order valence-corrected chi connectivity index (χ4v) is 4.48. The van der Waals surface area contributed by atoms with Crippen LogP contribution < -0.4 is 10.6 Å². The number of carbonyl (C=O) groups excluding carboxylic acids is 2. The number of dihydropyridines is 1. The Morgan fingerprint density at radius 3 is 2.19 bits per heavy atom. The molecule has 0 fully saturated rings. The average molecular weight is 406 g/mol. The van der Waals surface area contributed by atoms with Gasteiger partial charge in [0.05, 0.1) is 5.70 Å². The predicted octanol–water partition coefficient (Wildman–Crippen LogP) is 4.57. The molecule has 2 N–H and O–H groups in total. The van der Waals surface area contributed by atoms with Gasteiger partial charge in [-0.25, -0.2) is 0 Å². The standard InChI is InChI=1S/C27H22N2O2/c1-17-22(27(31)28-16-18-10-4-2-5-11-18)23(19-12-6-3-7-13-19)24-25(29-17)20-14-8-9-15-21(20)26(24)30/h2-15,23,29H,16H2,1H3,(H,28,31). The van der Waals surface area contributed by atoms with Crippen molar-refractivity contribution in [2.75, 3.05) is 0 Å². The molecule has 31 heavy (non-hydrogen) atoms. The van der Waals surface area contributed by atoms with Gasteiger partial charge in [-0.1, -0.05) is 84.9 Å². The number of rotatable bonds is 4. The van der Waals surface area contributed by atoms with Crippen LogP contribution in [0.3, 0.4) is 0 Å². The molecule has 1 atom stereocenters. The number of fused-ring (bicyclic) bond motifs is 2. The number of amides is 1. The van der Waals surface area contributed by atoms with Crippen molar-refractivity contribution in [3.63, 3.8) is 0 Å². The molecule has 0 saturated heterocycles. The van der Waals surface area contributed by atoms with Crippen molar-refractivity contribution in [3.05, 3.63) is 124 Å². The summed E-state index contributed by atoms with van der Waals surface area (Å²) in [7, 11) is 0. The van der Waals surface area contributed by atoms with E-state index >= 15 is 0 Å². The molecule has 1 heterocycles. The molecule has 1 aliphatic heterocycles. The fraction of sp³-hybridized carbons (Fsp3) is 0.111. The van der Waals surface area contributed by atoms with Gasteiger partial charge < -0.3 is 10.6 Å². The zero-order valence-corrected chi connectivity index (χ0v) is 17.2. The van der Waals surface area contributed by atoms with Gasteiger partial charge in [-0.2, -0.15) is 0 Å². The van der Waals surface area contributed by atoms with Crippen LogP contribution >= 0.6 is 0 Å². The maximum Gasteiger partial charge on any atom is 0.250 e. The number of carbonyl (C=O) groups is 2. The molecule has 3 aromatic rings. The van der Waals surface area contributed by atoms with Crippen LogP contribution in [0.1, 0.15) is 39.9 Å². The van der Waals surface area contributed by atoms with Crippen LogP contribution in [0.5, 0.6) is 0 Å². The van der Waals surface area contributed by atoms with Crippen LogP contribution in [0.4, 0.5) is 0 Å².